The molecule has 0 saturated heterocycles. The summed E-state index contributed by atoms with van der Waals surface area (Å²) in [6, 6.07) is 9.14. The summed E-state index contributed by atoms with van der Waals surface area (Å²) in [5.41, 5.74) is 1.59. The molecule has 0 aliphatic carbocycles. The van der Waals surface area contributed by atoms with Gasteiger partial charge in [0.1, 0.15) is 5.69 Å². The van der Waals surface area contributed by atoms with Gasteiger partial charge in [-0.05, 0) is 23.3 Å². The molecule has 1 heterocycles. The maximum Gasteiger partial charge on any atom is 0.356 e. The van der Waals surface area contributed by atoms with Crippen molar-refractivity contribution in [3.63, 3.8) is 0 Å². The third-order valence-electron chi connectivity index (χ3n) is 2.65. The van der Waals surface area contributed by atoms with E-state index in [1.54, 1.807) is 24.3 Å². The van der Waals surface area contributed by atoms with Gasteiger partial charge in [0.25, 0.3) is 6.43 Å². The molecule has 0 saturated carbocycles. The van der Waals surface area contributed by atoms with Crippen molar-refractivity contribution in [3.8, 4) is 11.1 Å². The number of methoxy groups -OCH3 is 1. The van der Waals surface area contributed by atoms with Crippen LogP contribution in [0, 0.1) is 0 Å². The SMILES string of the molecule is COC(=O)c1cc(-c2ccc(C(F)F)cc2)ccn1. The van der Waals surface area contributed by atoms with Crippen molar-refractivity contribution in [2.75, 3.05) is 7.11 Å². The molecule has 0 aliphatic heterocycles. The first-order chi connectivity index (χ1) is 9.11. The van der Waals surface area contributed by atoms with Gasteiger partial charge >= 0.3 is 5.97 Å². The highest BCUT2D eigenvalue weighted by Gasteiger charge is 2.10. The van der Waals surface area contributed by atoms with Crippen LogP contribution in [-0.4, -0.2) is 18.1 Å². The average Bonchev–Trinajstić information content (AvgIpc) is 2.46. The highest BCUT2D eigenvalue weighted by atomic mass is 19.3. The molecule has 0 radical (unpaired) electrons. The number of alkyl halides is 2. The van der Waals surface area contributed by atoms with Gasteiger partial charge < -0.3 is 4.74 Å². The standard InChI is InChI=1S/C14H11F2NO2/c1-19-14(18)12-8-11(6-7-17-12)9-2-4-10(5-3-9)13(15)16/h2-8,13H,1H3. The second kappa shape index (κ2) is 5.56. The zero-order valence-corrected chi connectivity index (χ0v) is 10.1. The summed E-state index contributed by atoms with van der Waals surface area (Å²) >= 11 is 0. The first-order valence-corrected chi connectivity index (χ1v) is 5.54. The number of aromatic nitrogens is 1. The van der Waals surface area contributed by atoms with Crippen molar-refractivity contribution < 1.29 is 18.3 Å². The Hall–Kier alpha value is -2.30. The zero-order chi connectivity index (χ0) is 13.8. The van der Waals surface area contributed by atoms with Crippen molar-refractivity contribution in [1.82, 2.24) is 4.98 Å². The molecular formula is C14H11F2NO2. The average molecular weight is 263 g/mol. The van der Waals surface area contributed by atoms with E-state index in [0.29, 0.717) is 0 Å². The Bertz CT molecular complexity index is 582. The van der Waals surface area contributed by atoms with Crippen LogP contribution in [0.4, 0.5) is 8.78 Å². The summed E-state index contributed by atoms with van der Waals surface area (Å²) in [5.74, 6) is -0.536. The van der Waals surface area contributed by atoms with Gasteiger partial charge in [-0.1, -0.05) is 24.3 Å². The van der Waals surface area contributed by atoms with E-state index in [9.17, 15) is 13.6 Å². The molecule has 2 rings (SSSR count). The molecule has 0 spiro atoms. The van der Waals surface area contributed by atoms with Crippen LogP contribution in [0.2, 0.25) is 0 Å². The summed E-state index contributed by atoms with van der Waals surface area (Å²) in [7, 11) is 1.27. The number of pyridine rings is 1. The van der Waals surface area contributed by atoms with Crippen LogP contribution in [0.3, 0.4) is 0 Å². The second-order valence-corrected chi connectivity index (χ2v) is 3.84. The molecule has 2 aromatic rings. The lowest BCUT2D eigenvalue weighted by molar-refractivity contribution is 0.0594. The smallest absolute Gasteiger partial charge is 0.356 e. The highest BCUT2D eigenvalue weighted by Crippen LogP contribution is 2.24. The topological polar surface area (TPSA) is 39.2 Å². The van der Waals surface area contributed by atoms with Gasteiger partial charge in [-0.25, -0.2) is 18.6 Å². The first kappa shape index (κ1) is 13.1. The Kier molecular flexibility index (Phi) is 3.85. The molecule has 0 N–H and O–H groups in total. The molecule has 0 bridgehead atoms. The molecule has 0 atom stereocenters. The summed E-state index contributed by atoms with van der Waals surface area (Å²) in [6.07, 6.45) is -1.01. The first-order valence-electron chi connectivity index (χ1n) is 5.54. The molecule has 0 fully saturated rings. The van der Waals surface area contributed by atoms with E-state index in [1.165, 1.54) is 25.4 Å². The van der Waals surface area contributed by atoms with E-state index in [0.717, 1.165) is 11.1 Å². The maximum atomic E-state index is 12.4. The Balaban J connectivity index is 2.33. The number of benzene rings is 1. The van der Waals surface area contributed by atoms with Crippen LogP contribution < -0.4 is 0 Å². The van der Waals surface area contributed by atoms with Crippen molar-refractivity contribution in [2.45, 2.75) is 6.43 Å². The molecule has 5 heteroatoms. The van der Waals surface area contributed by atoms with E-state index < -0.39 is 12.4 Å². The number of hydrogen-bond donors (Lipinski definition) is 0. The molecule has 19 heavy (non-hydrogen) atoms. The lowest BCUT2D eigenvalue weighted by atomic mass is 10.0. The van der Waals surface area contributed by atoms with Crippen molar-refractivity contribution in [1.29, 1.82) is 0 Å². The maximum absolute atomic E-state index is 12.4. The van der Waals surface area contributed by atoms with E-state index >= 15 is 0 Å². The monoisotopic (exact) mass is 263 g/mol. The minimum atomic E-state index is -2.49. The number of carbonyl (C=O) groups is 1. The molecule has 1 aromatic carbocycles. The third kappa shape index (κ3) is 2.93. The zero-order valence-electron chi connectivity index (χ0n) is 10.1. The van der Waals surface area contributed by atoms with Gasteiger partial charge in [0, 0.05) is 11.8 Å². The number of ether oxygens (including phenoxy) is 1. The number of nitrogens with zero attached hydrogens (tertiary/aromatic N) is 1. The molecule has 1 aromatic heterocycles. The summed E-state index contributed by atoms with van der Waals surface area (Å²) in [5, 5.41) is 0. The highest BCUT2D eigenvalue weighted by molar-refractivity contribution is 5.88. The Morgan fingerprint density at radius 1 is 1.16 bits per heavy atom. The molecule has 3 nitrogen and oxygen atoms in total. The number of esters is 1. The van der Waals surface area contributed by atoms with Crippen molar-refractivity contribution in [3.05, 3.63) is 53.9 Å². The van der Waals surface area contributed by atoms with Gasteiger partial charge in [0.05, 0.1) is 7.11 Å². The van der Waals surface area contributed by atoms with Gasteiger partial charge in [-0.2, -0.15) is 0 Å². The van der Waals surface area contributed by atoms with Gasteiger partial charge in [0.15, 0.2) is 0 Å². The van der Waals surface area contributed by atoms with Gasteiger partial charge in [0.2, 0.25) is 0 Å². The minimum absolute atomic E-state index is 0.0361. The molecule has 0 unspecified atom stereocenters. The largest absolute Gasteiger partial charge is 0.464 e. The number of carbonyl (C=O) groups excluding carboxylic acids is 1. The van der Waals surface area contributed by atoms with Crippen molar-refractivity contribution >= 4 is 5.97 Å². The lowest BCUT2D eigenvalue weighted by Crippen LogP contribution is -2.03. The van der Waals surface area contributed by atoms with E-state index in [1.807, 2.05) is 0 Å². The minimum Gasteiger partial charge on any atom is -0.464 e. The molecular weight excluding hydrogens is 252 g/mol. The van der Waals surface area contributed by atoms with E-state index in [-0.39, 0.29) is 11.3 Å². The fourth-order valence-electron chi connectivity index (χ4n) is 1.65. The van der Waals surface area contributed by atoms with E-state index in [4.69, 9.17) is 0 Å². The summed E-state index contributed by atoms with van der Waals surface area (Å²) in [4.78, 5) is 15.2. The predicted octanol–water partition coefficient (Wildman–Crippen LogP) is 3.47. The lowest BCUT2D eigenvalue weighted by Gasteiger charge is -2.05. The van der Waals surface area contributed by atoms with Crippen LogP contribution in [0.15, 0.2) is 42.6 Å². The summed E-state index contributed by atoms with van der Waals surface area (Å²) < 4.78 is 29.5. The van der Waals surface area contributed by atoms with Crippen LogP contribution in [0.25, 0.3) is 11.1 Å². The van der Waals surface area contributed by atoms with Gasteiger partial charge in [-0.3, -0.25) is 0 Å². The number of halogens is 2. The van der Waals surface area contributed by atoms with Crippen molar-refractivity contribution in [2.24, 2.45) is 0 Å². The summed E-state index contributed by atoms with van der Waals surface area (Å²) in [6.45, 7) is 0. The number of hydrogen-bond acceptors (Lipinski definition) is 3. The normalized spacial score (nSPS) is 10.5. The Morgan fingerprint density at radius 3 is 2.42 bits per heavy atom. The molecule has 98 valence electrons. The quantitative estimate of drug-likeness (QED) is 0.796. The van der Waals surface area contributed by atoms with Crippen LogP contribution in [0.1, 0.15) is 22.5 Å². The Morgan fingerprint density at radius 2 is 1.84 bits per heavy atom. The van der Waals surface area contributed by atoms with E-state index in [2.05, 4.69) is 9.72 Å². The second-order valence-electron chi connectivity index (χ2n) is 3.84. The van der Waals surface area contributed by atoms with Gasteiger partial charge in [-0.15, -0.1) is 0 Å². The fourth-order valence-corrected chi connectivity index (χ4v) is 1.65. The fraction of sp³-hybridized carbons (Fsp3) is 0.143. The third-order valence-corrected chi connectivity index (χ3v) is 2.65. The molecule has 0 aliphatic rings. The Labute approximate surface area is 108 Å². The van der Waals surface area contributed by atoms with Crippen LogP contribution >= 0.6 is 0 Å². The van der Waals surface area contributed by atoms with Crippen LogP contribution in [0.5, 0.6) is 0 Å². The molecule has 0 amide bonds. The van der Waals surface area contributed by atoms with Crippen LogP contribution in [-0.2, 0) is 4.74 Å². The predicted molar refractivity (Wildman–Crippen MR) is 66.0 cm³/mol. The number of rotatable bonds is 3.